The van der Waals surface area contributed by atoms with Crippen molar-refractivity contribution in [3.05, 3.63) is 63.0 Å². The standard InChI is InChI=1S/C14H13Br2N/c1-10(11-6-8-12(15)9-7-11)17-14-5-3-2-4-13(14)16/h2-10,17H,1H3. The van der Waals surface area contributed by atoms with Crippen LogP contribution in [0.25, 0.3) is 0 Å². The van der Waals surface area contributed by atoms with Gasteiger partial charge in [0, 0.05) is 20.7 Å². The van der Waals surface area contributed by atoms with E-state index in [0.717, 1.165) is 14.6 Å². The Balaban J connectivity index is 2.14. The molecule has 0 aromatic heterocycles. The van der Waals surface area contributed by atoms with E-state index in [1.807, 2.05) is 18.2 Å². The first-order valence-corrected chi connectivity index (χ1v) is 7.02. The van der Waals surface area contributed by atoms with Gasteiger partial charge in [-0.2, -0.15) is 0 Å². The smallest absolute Gasteiger partial charge is 0.0489 e. The molecule has 88 valence electrons. The van der Waals surface area contributed by atoms with Crippen LogP contribution in [0.2, 0.25) is 0 Å². The number of hydrogen-bond donors (Lipinski definition) is 1. The number of halogens is 2. The van der Waals surface area contributed by atoms with Crippen LogP contribution >= 0.6 is 31.9 Å². The van der Waals surface area contributed by atoms with Crippen molar-refractivity contribution in [2.24, 2.45) is 0 Å². The number of nitrogens with one attached hydrogen (secondary N) is 1. The third kappa shape index (κ3) is 3.33. The molecule has 0 amide bonds. The highest BCUT2D eigenvalue weighted by molar-refractivity contribution is 9.10. The Morgan fingerprint density at radius 2 is 1.59 bits per heavy atom. The second kappa shape index (κ2) is 5.69. The molecule has 1 N–H and O–H groups in total. The summed E-state index contributed by atoms with van der Waals surface area (Å²) in [5.74, 6) is 0. The summed E-state index contributed by atoms with van der Waals surface area (Å²) in [6, 6.07) is 16.8. The molecule has 0 aliphatic rings. The van der Waals surface area contributed by atoms with Crippen LogP contribution < -0.4 is 5.32 Å². The van der Waals surface area contributed by atoms with Gasteiger partial charge in [-0.05, 0) is 52.7 Å². The summed E-state index contributed by atoms with van der Waals surface area (Å²) in [6.07, 6.45) is 0. The fraction of sp³-hybridized carbons (Fsp3) is 0.143. The van der Waals surface area contributed by atoms with Crippen LogP contribution in [0, 0.1) is 0 Å². The predicted molar refractivity (Wildman–Crippen MR) is 80.3 cm³/mol. The van der Waals surface area contributed by atoms with Gasteiger partial charge in [0.1, 0.15) is 0 Å². The van der Waals surface area contributed by atoms with Gasteiger partial charge in [0.2, 0.25) is 0 Å². The molecule has 3 heteroatoms. The van der Waals surface area contributed by atoms with Gasteiger partial charge < -0.3 is 5.32 Å². The molecule has 2 aromatic rings. The molecule has 17 heavy (non-hydrogen) atoms. The minimum Gasteiger partial charge on any atom is -0.378 e. The van der Waals surface area contributed by atoms with E-state index < -0.39 is 0 Å². The van der Waals surface area contributed by atoms with Crippen molar-refractivity contribution in [2.75, 3.05) is 5.32 Å². The van der Waals surface area contributed by atoms with Crippen LogP contribution in [0.15, 0.2) is 57.5 Å². The molecular formula is C14H13Br2N. The van der Waals surface area contributed by atoms with Gasteiger partial charge in [0.15, 0.2) is 0 Å². The van der Waals surface area contributed by atoms with Gasteiger partial charge in [0.25, 0.3) is 0 Å². The number of anilines is 1. The van der Waals surface area contributed by atoms with Gasteiger partial charge in [-0.25, -0.2) is 0 Å². The minimum atomic E-state index is 0.279. The lowest BCUT2D eigenvalue weighted by atomic mass is 10.1. The zero-order valence-electron chi connectivity index (χ0n) is 9.45. The lowest BCUT2D eigenvalue weighted by molar-refractivity contribution is 0.883. The molecule has 0 saturated heterocycles. The minimum absolute atomic E-state index is 0.279. The highest BCUT2D eigenvalue weighted by Gasteiger charge is 2.06. The zero-order chi connectivity index (χ0) is 12.3. The van der Waals surface area contributed by atoms with Crippen LogP contribution in [-0.4, -0.2) is 0 Å². The van der Waals surface area contributed by atoms with Crippen molar-refractivity contribution >= 4 is 37.5 Å². The molecule has 0 aliphatic heterocycles. The van der Waals surface area contributed by atoms with Crippen molar-refractivity contribution in [1.82, 2.24) is 0 Å². The largest absolute Gasteiger partial charge is 0.378 e. The summed E-state index contributed by atoms with van der Waals surface area (Å²) >= 11 is 6.98. The summed E-state index contributed by atoms with van der Waals surface area (Å²) in [6.45, 7) is 2.16. The third-order valence-corrected chi connectivity index (χ3v) is 3.84. The van der Waals surface area contributed by atoms with Gasteiger partial charge in [0.05, 0.1) is 0 Å². The Bertz CT molecular complexity index is 494. The lowest BCUT2D eigenvalue weighted by Crippen LogP contribution is -2.06. The Hall–Kier alpha value is -0.800. The van der Waals surface area contributed by atoms with Crippen LogP contribution in [0.4, 0.5) is 5.69 Å². The molecule has 0 saturated carbocycles. The monoisotopic (exact) mass is 353 g/mol. The molecule has 1 nitrogen and oxygen atoms in total. The fourth-order valence-corrected chi connectivity index (χ4v) is 2.31. The van der Waals surface area contributed by atoms with E-state index in [1.54, 1.807) is 0 Å². The summed E-state index contributed by atoms with van der Waals surface area (Å²) in [5, 5.41) is 3.48. The molecule has 0 fully saturated rings. The average molecular weight is 355 g/mol. The number of para-hydroxylation sites is 1. The predicted octanol–water partition coefficient (Wildman–Crippen LogP) is 5.38. The van der Waals surface area contributed by atoms with Gasteiger partial charge in [-0.15, -0.1) is 0 Å². The van der Waals surface area contributed by atoms with Crippen molar-refractivity contribution in [3.8, 4) is 0 Å². The molecule has 1 atom stereocenters. The highest BCUT2D eigenvalue weighted by Crippen LogP contribution is 2.26. The van der Waals surface area contributed by atoms with Gasteiger partial charge >= 0.3 is 0 Å². The number of rotatable bonds is 3. The maximum absolute atomic E-state index is 3.54. The van der Waals surface area contributed by atoms with E-state index >= 15 is 0 Å². The lowest BCUT2D eigenvalue weighted by Gasteiger charge is -2.16. The molecule has 0 heterocycles. The number of benzene rings is 2. The second-order valence-electron chi connectivity index (χ2n) is 3.90. The normalized spacial score (nSPS) is 12.2. The first-order valence-electron chi connectivity index (χ1n) is 5.43. The van der Waals surface area contributed by atoms with E-state index in [1.165, 1.54) is 5.56 Å². The van der Waals surface area contributed by atoms with Crippen molar-refractivity contribution in [2.45, 2.75) is 13.0 Å². The van der Waals surface area contributed by atoms with E-state index in [-0.39, 0.29) is 6.04 Å². The molecule has 1 unspecified atom stereocenters. The zero-order valence-corrected chi connectivity index (χ0v) is 12.6. The summed E-state index contributed by atoms with van der Waals surface area (Å²) < 4.78 is 2.19. The van der Waals surface area contributed by atoms with Crippen molar-refractivity contribution < 1.29 is 0 Å². The Morgan fingerprint density at radius 3 is 2.24 bits per heavy atom. The maximum atomic E-state index is 3.54. The first kappa shape index (κ1) is 12.7. The molecule has 0 radical (unpaired) electrons. The van der Waals surface area contributed by atoms with E-state index in [4.69, 9.17) is 0 Å². The van der Waals surface area contributed by atoms with E-state index in [9.17, 15) is 0 Å². The van der Waals surface area contributed by atoms with Crippen LogP contribution in [0.3, 0.4) is 0 Å². The molecule has 0 aliphatic carbocycles. The molecule has 0 spiro atoms. The third-order valence-electron chi connectivity index (χ3n) is 2.62. The second-order valence-corrected chi connectivity index (χ2v) is 5.67. The van der Waals surface area contributed by atoms with E-state index in [2.05, 4.69) is 74.4 Å². The summed E-state index contributed by atoms with van der Waals surface area (Å²) in [4.78, 5) is 0. The molecular weight excluding hydrogens is 342 g/mol. The van der Waals surface area contributed by atoms with Crippen molar-refractivity contribution in [1.29, 1.82) is 0 Å². The Morgan fingerprint density at radius 1 is 0.941 bits per heavy atom. The van der Waals surface area contributed by atoms with Crippen molar-refractivity contribution in [3.63, 3.8) is 0 Å². The maximum Gasteiger partial charge on any atom is 0.0489 e. The molecule has 2 aromatic carbocycles. The summed E-state index contributed by atoms with van der Waals surface area (Å²) in [7, 11) is 0. The summed E-state index contributed by atoms with van der Waals surface area (Å²) in [5.41, 5.74) is 2.38. The van der Waals surface area contributed by atoms with E-state index in [0.29, 0.717) is 0 Å². The quantitative estimate of drug-likeness (QED) is 0.779. The SMILES string of the molecule is CC(Nc1ccccc1Br)c1ccc(Br)cc1. The first-order chi connectivity index (χ1) is 8.16. The van der Waals surface area contributed by atoms with Crippen LogP contribution in [-0.2, 0) is 0 Å². The Kier molecular flexibility index (Phi) is 4.24. The topological polar surface area (TPSA) is 12.0 Å². The number of hydrogen-bond acceptors (Lipinski definition) is 1. The van der Waals surface area contributed by atoms with Gasteiger partial charge in [-0.1, -0.05) is 40.2 Å². The molecule has 2 rings (SSSR count). The average Bonchev–Trinajstić information content (AvgIpc) is 2.33. The van der Waals surface area contributed by atoms with Crippen LogP contribution in [0.5, 0.6) is 0 Å². The fourth-order valence-electron chi connectivity index (χ4n) is 1.65. The highest BCUT2D eigenvalue weighted by atomic mass is 79.9. The van der Waals surface area contributed by atoms with Gasteiger partial charge in [-0.3, -0.25) is 0 Å². The molecule has 0 bridgehead atoms. The Labute approximate surface area is 119 Å². The van der Waals surface area contributed by atoms with Crippen LogP contribution in [0.1, 0.15) is 18.5 Å².